The number of benzene rings is 1. The molecule has 0 saturated carbocycles. The van der Waals surface area contributed by atoms with Crippen LogP contribution in [0.25, 0.3) is 17.2 Å². The molecule has 0 fully saturated rings. The van der Waals surface area contributed by atoms with Crippen LogP contribution in [0.3, 0.4) is 0 Å². The minimum absolute atomic E-state index is 0.306. The van der Waals surface area contributed by atoms with Crippen molar-refractivity contribution in [2.75, 3.05) is 7.11 Å². The average molecular weight is 277 g/mol. The van der Waals surface area contributed by atoms with E-state index in [0.717, 1.165) is 17.0 Å². The fourth-order valence-electron chi connectivity index (χ4n) is 1.98. The lowest BCUT2D eigenvalue weighted by atomic mass is 10.1. The highest BCUT2D eigenvalue weighted by Gasteiger charge is 2.13. The van der Waals surface area contributed by atoms with Gasteiger partial charge in [-0.1, -0.05) is 12.1 Å². The van der Waals surface area contributed by atoms with E-state index in [1.54, 1.807) is 36.3 Å². The Morgan fingerprint density at radius 3 is 2.67 bits per heavy atom. The maximum atomic E-state index is 9.08. The standard InChI is InChI=1S/C15H11N5O/c1-21-13-5-2-4-11(8-13)14-9-12(10-16)19-20(14)15-17-6-3-7-18-15/h2-9H,1H3. The molecule has 6 nitrogen and oxygen atoms in total. The van der Waals surface area contributed by atoms with Crippen molar-refractivity contribution in [3.63, 3.8) is 0 Å². The fourth-order valence-corrected chi connectivity index (χ4v) is 1.98. The summed E-state index contributed by atoms with van der Waals surface area (Å²) in [6.45, 7) is 0. The van der Waals surface area contributed by atoms with Crippen molar-refractivity contribution < 1.29 is 4.74 Å². The van der Waals surface area contributed by atoms with Gasteiger partial charge in [0.15, 0.2) is 5.69 Å². The Morgan fingerprint density at radius 1 is 1.14 bits per heavy atom. The van der Waals surface area contributed by atoms with Crippen molar-refractivity contribution in [3.8, 4) is 29.0 Å². The number of hydrogen-bond donors (Lipinski definition) is 0. The van der Waals surface area contributed by atoms with Gasteiger partial charge in [0.05, 0.1) is 12.8 Å². The summed E-state index contributed by atoms with van der Waals surface area (Å²) >= 11 is 0. The highest BCUT2D eigenvalue weighted by Crippen LogP contribution is 2.25. The summed E-state index contributed by atoms with van der Waals surface area (Å²) < 4.78 is 6.78. The Morgan fingerprint density at radius 2 is 1.95 bits per heavy atom. The van der Waals surface area contributed by atoms with Crippen LogP contribution < -0.4 is 4.74 Å². The Kier molecular flexibility index (Phi) is 3.31. The van der Waals surface area contributed by atoms with Gasteiger partial charge in [0.1, 0.15) is 11.8 Å². The van der Waals surface area contributed by atoms with Gasteiger partial charge in [-0.25, -0.2) is 9.97 Å². The Hall–Kier alpha value is -3.20. The normalized spacial score (nSPS) is 10.1. The second-order valence-corrected chi connectivity index (χ2v) is 4.22. The van der Waals surface area contributed by atoms with Gasteiger partial charge in [-0.3, -0.25) is 0 Å². The third-order valence-electron chi connectivity index (χ3n) is 2.93. The Labute approximate surface area is 121 Å². The van der Waals surface area contributed by atoms with Crippen molar-refractivity contribution in [3.05, 3.63) is 54.5 Å². The molecule has 6 heteroatoms. The molecule has 0 amide bonds. The maximum absolute atomic E-state index is 9.08. The van der Waals surface area contributed by atoms with E-state index < -0.39 is 0 Å². The molecule has 0 aliphatic carbocycles. The molecular weight excluding hydrogens is 266 g/mol. The van der Waals surface area contributed by atoms with E-state index in [-0.39, 0.29) is 0 Å². The summed E-state index contributed by atoms with van der Waals surface area (Å²) in [5.41, 5.74) is 1.91. The molecule has 1 aromatic carbocycles. The topological polar surface area (TPSA) is 76.6 Å². The molecular formula is C15H11N5O. The third kappa shape index (κ3) is 2.44. The van der Waals surface area contributed by atoms with E-state index in [9.17, 15) is 0 Å². The Balaban J connectivity index is 2.18. The van der Waals surface area contributed by atoms with Crippen molar-refractivity contribution in [2.24, 2.45) is 0 Å². The molecule has 0 aliphatic rings. The molecule has 0 aliphatic heterocycles. The SMILES string of the molecule is COc1cccc(-c2cc(C#N)nn2-c2ncccn2)c1. The first-order chi connectivity index (χ1) is 10.3. The van der Waals surface area contributed by atoms with Crippen LogP contribution in [0.5, 0.6) is 5.75 Å². The van der Waals surface area contributed by atoms with E-state index in [1.165, 1.54) is 0 Å². The van der Waals surface area contributed by atoms with Gasteiger partial charge in [-0.05, 0) is 18.2 Å². The van der Waals surface area contributed by atoms with Gasteiger partial charge in [0.2, 0.25) is 0 Å². The van der Waals surface area contributed by atoms with Gasteiger partial charge >= 0.3 is 0 Å². The highest BCUT2D eigenvalue weighted by molar-refractivity contribution is 5.64. The van der Waals surface area contributed by atoms with Crippen molar-refractivity contribution >= 4 is 0 Å². The van der Waals surface area contributed by atoms with E-state index in [0.29, 0.717) is 11.6 Å². The van der Waals surface area contributed by atoms with Crippen molar-refractivity contribution in [1.29, 1.82) is 5.26 Å². The minimum atomic E-state index is 0.306. The molecule has 21 heavy (non-hydrogen) atoms. The van der Waals surface area contributed by atoms with E-state index in [1.807, 2.05) is 30.3 Å². The molecule has 3 rings (SSSR count). The maximum Gasteiger partial charge on any atom is 0.251 e. The van der Waals surface area contributed by atoms with Crippen LogP contribution in [0.15, 0.2) is 48.8 Å². The number of aromatic nitrogens is 4. The van der Waals surface area contributed by atoms with Crippen LogP contribution >= 0.6 is 0 Å². The molecule has 0 saturated heterocycles. The number of hydrogen-bond acceptors (Lipinski definition) is 5. The van der Waals surface area contributed by atoms with E-state index in [2.05, 4.69) is 15.1 Å². The lowest BCUT2D eigenvalue weighted by molar-refractivity contribution is 0.415. The smallest absolute Gasteiger partial charge is 0.251 e. The zero-order valence-electron chi connectivity index (χ0n) is 11.3. The molecule has 0 atom stereocenters. The van der Waals surface area contributed by atoms with Crippen LogP contribution in [0, 0.1) is 11.3 Å². The molecule has 2 aromatic heterocycles. The molecule has 0 radical (unpaired) electrons. The fraction of sp³-hybridized carbons (Fsp3) is 0.0667. The quantitative estimate of drug-likeness (QED) is 0.733. The Bertz CT molecular complexity index is 804. The summed E-state index contributed by atoms with van der Waals surface area (Å²) in [4.78, 5) is 8.35. The second kappa shape index (κ2) is 5.43. The minimum Gasteiger partial charge on any atom is -0.497 e. The van der Waals surface area contributed by atoms with Gasteiger partial charge in [-0.15, -0.1) is 0 Å². The number of methoxy groups -OCH3 is 1. The van der Waals surface area contributed by atoms with Gasteiger partial charge in [0, 0.05) is 24.0 Å². The van der Waals surface area contributed by atoms with Crippen LogP contribution in [0.4, 0.5) is 0 Å². The van der Waals surface area contributed by atoms with Gasteiger partial charge in [0.25, 0.3) is 5.95 Å². The lowest BCUT2D eigenvalue weighted by Crippen LogP contribution is -2.04. The number of ether oxygens (including phenoxy) is 1. The van der Waals surface area contributed by atoms with Crippen molar-refractivity contribution in [1.82, 2.24) is 19.7 Å². The van der Waals surface area contributed by atoms with Crippen LogP contribution in [0.1, 0.15) is 5.69 Å². The van der Waals surface area contributed by atoms with Crippen LogP contribution in [-0.4, -0.2) is 26.9 Å². The largest absolute Gasteiger partial charge is 0.497 e. The molecule has 0 N–H and O–H groups in total. The van der Waals surface area contributed by atoms with Gasteiger partial charge in [-0.2, -0.15) is 15.0 Å². The summed E-state index contributed by atoms with van der Waals surface area (Å²) in [5.74, 6) is 1.14. The van der Waals surface area contributed by atoms with Crippen LogP contribution in [-0.2, 0) is 0 Å². The molecule has 3 aromatic rings. The zero-order chi connectivity index (χ0) is 14.7. The molecule has 0 bridgehead atoms. The summed E-state index contributed by atoms with van der Waals surface area (Å²) in [6, 6.07) is 13.0. The monoisotopic (exact) mass is 277 g/mol. The first kappa shape index (κ1) is 12.8. The second-order valence-electron chi connectivity index (χ2n) is 4.22. The predicted octanol–water partition coefficient (Wildman–Crippen LogP) is 2.21. The number of nitrogens with zero attached hydrogens (tertiary/aromatic N) is 5. The first-order valence-corrected chi connectivity index (χ1v) is 6.24. The highest BCUT2D eigenvalue weighted by atomic mass is 16.5. The van der Waals surface area contributed by atoms with Gasteiger partial charge < -0.3 is 4.74 Å². The predicted molar refractivity (Wildman–Crippen MR) is 75.9 cm³/mol. The zero-order valence-corrected chi connectivity index (χ0v) is 11.3. The average Bonchev–Trinajstić information content (AvgIpc) is 3.00. The van der Waals surface area contributed by atoms with E-state index >= 15 is 0 Å². The summed E-state index contributed by atoms with van der Waals surface area (Å²) in [7, 11) is 1.61. The lowest BCUT2D eigenvalue weighted by Gasteiger charge is -2.06. The van der Waals surface area contributed by atoms with Crippen LogP contribution in [0.2, 0.25) is 0 Å². The van der Waals surface area contributed by atoms with E-state index in [4.69, 9.17) is 10.00 Å². The molecule has 0 unspecified atom stereocenters. The van der Waals surface area contributed by atoms with Crippen molar-refractivity contribution in [2.45, 2.75) is 0 Å². The number of nitriles is 1. The molecule has 0 spiro atoms. The summed E-state index contributed by atoms with van der Waals surface area (Å²) in [6.07, 6.45) is 3.26. The number of rotatable bonds is 3. The molecule has 102 valence electrons. The third-order valence-corrected chi connectivity index (χ3v) is 2.93. The molecule has 2 heterocycles. The first-order valence-electron chi connectivity index (χ1n) is 6.24. The summed E-state index contributed by atoms with van der Waals surface area (Å²) in [5, 5.41) is 13.3.